The first-order valence-electron chi connectivity index (χ1n) is 5.25. The Morgan fingerprint density at radius 1 is 1.50 bits per heavy atom. The van der Waals surface area contributed by atoms with Crippen LogP contribution in [0.15, 0.2) is 18.2 Å². The Bertz CT molecular complexity index is 521. The minimum atomic E-state index is -3.33. The summed E-state index contributed by atoms with van der Waals surface area (Å²) < 4.78 is 35.2. The first kappa shape index (κ1) is 15.4. The molecule has 18 heavy (non-hydrogen) atoms. The number of benzene rings is 1. The number of sulfone groups is 1. The summed E-state index contributed by atoms with van der Waals surface area (Å²) in [4.78, 5) is 0. The van der Waals surface area contributed by atoms with Crippen molar-refractivity contribution in [1.82, 2.24) is 0 Å². The summed E-state index contributed by atoms with van der Waals surface area (Å²) >= 11 is 5.86. The van der Waals surface area contributed by atoms with E-state index in [0.29, 0.717) is 5.56 Å². The van der Waals surface area contributed by atoms with E-state index in [1.54, 1.807) is 0 Å². The van der Waals surface area contributed by atoms with Gasteiger partial charge in [0.2, 0.25) is 0 Å². The molecule has 0 spiro atoms. The van der Waals surface area contributed by atoms with Crippen molar-refractivity contribution < 1.29 is 17.9 Å². The maximum Gasteiger partial charge on any atom is 0.150 e. The fraction of sp³-hybridized carbons (Fsp3) is 0.455. The second-order valence-electron chi connectivity index (χ2n) is 4.17. The van der Waals surface area contributed by atoms with Gasteiger partial charge in [-0.2, -0.15) is 0 Å². The van der Waals surface area contributed by atoms with E-state index in [1.165, 1.54) is 12.1 Å². The monoisotopic (exact) mass is 295 g/mol. The molecule has 0 saturated carbocycles. The maximum absolute atomic E-state index is 12.9. The van der Waals surface area contributed by atoms with Crippen LogP contribution in [0.4, 0.5) is 4.39 Å². The van der Waals surface area contributed by atoms with E-state index in [2.05, 4.69) is 0 Å². The highest BCUT2D eigenvalue weighted by Gasteiger charge is 2.25. The third-order valence-electron chi connectivity index (χ3n) is 2.55. The third-order valence-corrected chi connectivity index (χ3v) is 3.83. The van der Waals surface area contributed by atoms with Crippen LogP contribution in [0.5, 0.6) is 0 Å². The van der Waals surface area contributed by atoms with Crippen molar-refractivity contribution in [3.63, 3.8) is 0 Å². The van der Waals surface area contributed by atoms with Crippen LogP contribution < -0.4 is 5.73 Å². The Balaban J connectivity index is 3.02. The lowest BCUT2D eigenvalue weighted by Crippen LogP contribution is -2.32. The summed E-state index contributed by atoms with van der Waals surface area (Å²) in [5, 5.41) is 10.0. The lowest BCUT2D eigenvalue weighted by atomic mass is 9.94. The molecular formula is C11H15ClFNO3S. The number of nitrogens with two attached hydrogens (primary N) is 1. The number of hydrogen-bond donors (Lipinski definition) is 2. The van der Waals surface area contributed by atoms with Crippen molar-refractivity contribution in [3.05, 3.63) is 34.6 Å². The van der Waals surface area contributed by atoms with Crippen LogP contribution >= 0.6 is 11.6 Å². The molecular weight excluding hydrogens is 281 g/mol. The van der Waals surface area contributed by atoms with E-state index < -0.39 is 33.4 Å². The molecule has 7 heteroatoms. The lowest BCUT2D eigenvalue weighted by molar-refractivity contribution is 0.167. The number of aliphatic hydroxyl groups excluding tert-OH is 1. The second kappa shape index (κ2) is 5.97. The van der Waals surface area contributed by atoms with E-state index in [9.17, 15) is 17.9 Å². The molecule has 0 aliphatic carbocycles. The quantitative estimate of drug-likeness (QED) is 0.847. The summed E-state index contributed by atoms with van der Waals surface area (Å²) in [6.07, 6.45) is -0.149. The molecule has 0 bridgehead atoms. The van der Waals surface area contributed by atoms with Gasteiger partial charge in [-0.15, -0.1) is 0 Å². The summed E-state index contributed by atoms with van der Waals surface area (Å²) in [6, 6.07) is 3.70. The molecule has 0 aliphatic rings. The Labute approximate surface area is 110 Å². The molecule has 0 aliphatic heterocycles. The van der Waals surface area contributed by atoms with Crippen LogP contribution in [-0.4, -0.2) is 38.2 Å². The Morgan fingerprint density at radius 2 is 2.11 bits per heavy atom. The first-order valence-corrected chi connectivity index (χ1v) is 7.69. The average molecular weight is 296 g/mol. The largest absolute Gasteiger partial charge is 0.391 e. The van der Waals surface area contributed by atoms with Gasteiger partial charge in [0.25, 0.3) is 0 Å². The summed E-state index contributed by atoms with van der Waals surface area (Å²) in [5.41, 5.74) is 5.97. The number of halogens is 2. The topological polar surface area (TPSA) is 80.4 Å². The van der Waals surface area contributed by atoms with E-state index in [1.807, 2.05) is 0 Å². The zero-order chi connectivity index (χ0) is 13.9. The summed E-state index contributed by atoms with van der Waals surface area (Å²) in [5.74, 6) is -1.56. The van der Waals surface area contributed by atoms with Gasteiger partial charge >= 0.3 is 0 Å². The molecule has 0 saturated heterocycles. The zero-order valence-electron chi connectivity index (χ0n) is 9.81. The summed E-state index contributed by atoms with van der Waals surface area (Å²) in [7, 11) is -3.33. The number of aliphatic hydroxyl groups is 1. The normalized spacial score (nSPS) is 15.4. The molecule has 4 nitrogen and oxygen atoms in total. The van der Waals surface area contributed by atoms with Gasteiger partial charge < -0.3 is 10.8 Å². The standard InChI is InChI=1S/C11H15ClFNO3S/c1-18(16,17)6-11(15)9(5-14)8-3-2-7(13)4-10(8)12/h2-4,9,11,15H,5-6,14H2,1H3. The second-order valence-corrected chi connectivity index (χ2v) is 6.76. The minimum absolute atomic E-state index is 0.0159. The van der Waals surface area contributed by atoms with Gasteiger partial charge in [0.05, 0.1) is 11.9 Å². The lowest BCUT2D eigenvalue weighted by Gasteiger charge is -2.22. The van der Waals surface area contributed by atoms with E-state index >= 15 is 0 Å². The fourth-order valence-corrected chi connectivity index (χ4v) is 2.88. The van der Waals surface area contributed by atoms with Crippen LogP contribution in [0, 0.1) is 5.82 Å². The van der Waals surface area contributed by atoms with Gasteiger partial charge in [-0.25, -0.2) is 12.8 Å². The number of rotatable bonds is 5. The van der Waals surface area contributed by atoms with Crippen molar-refractivity contribution in [1.29, 1.82) is 0 Å². The van der Waals surface area contributed by atoms with Gasteiger partial charge in [0, 0.05) is 23.7 Å². The highest BCUT2D eigenvalue weighted by atomic mass is 35.5. The highest BCUT2D eigenvalue weighted by molar-refractivity contribution is 7.90. The van der Waals surface area contributed by atoms with Crippen LogP contribution in [0.3, 0.4) is 0 Å². The SMILES string of the molecule is CS(=O)(=O)CC(O)C(CN)c1ccc(F)cc1Cl. The van der Waals surface area contributed by atoms with Gasteiger partial charge in [-0.3, -0.25) is 0 Å². The Hall–Kier alpha value is -0.690. The van der Waals surface area contributed by atoms with E-state index in [0.717, 1.165) is 12.3 Å². The van der Waals surface area contributed by atoms with Crippen molar-refractivity contribution in [2.45, 2.75) is 12.0 Å². The molecule has 2 atom stereocenters. The molecule has 0 fully saturated rings. The van der Waals surface area contributed by atoms with Crippen molar-refractivity contribution in [2.24, 2.45) is 5.73 Å². The smallest absolute Gasteiger partial charge is 0.150 e. The Kier molecular flexibility index (Phi) is 5.10. The molecule has 0 aromatic heterocycles. The molecule has 2 unspecified atom stereocenters. The molecule has 1 rings (SSSR count). The molecule has 3 N–H and O–H groups in total. The third kappa shape index (κ3) is 4.20. The molecule has 0 amide bonds. The van der Waals surface area contributed by atoms with Crippen LogP contribution in [0.25, 0.3) is 0 Å². The minimum Gasteiger partial charge on any atom is -0.391 e. The highest BCUT2D eigenvalue weighted by Crippen LogP contribution is 2.27. The van der Waals surface area contributed by atoms with Gasteiger partial charge in [0.1, 0.15) is 15.7 Å². The van der Waals surface area contributed by atoms with Crippen LogP contribution in [0.1, 0.15) is 11.5 Å². The maximum atomic E-state index is 12.9. The molecule has 0 radical (unpaired) electrons. The zero-order valence-corrected chi connectivity index (χ0v) is 11.4. The molecule has 0 heterocycles. The van der Waals surface area contributed by atoms with Crippen molar-refractivity contribution >= 4 is 21.4 Å². The fourth-order valence-electron chi connectivity index (χ4n) is 1.72. The van der Waals surface area contributed by atoms with Gasteiger partial charge in [-0.1, -0.05) is 17.7 Å². The van der Waals surface area contributed by atoms with Gasteiger partial charge in [0.15, 0.2) is 0 Å². The predicted molar refractivity (Wildman–Crippen MR) is 68.9 cm³/mol. The Morgan fingerprint density at radius 3 is 2.56 bits per heavy atom. The van der Waals surface area contributed by atoms with Crippen LogP contribution in [0.2, 0.25) is 5.02 Å². The molecule has 1 aromatic rings. The number of hydrogen-bond acceptors (Lipinski definition) is 4. The average Bonchev–Trinajstić information content (AvgIpc) is 2.19. The van der Waals surface area contributed by atoms with Crippen molar-refractivity contribution in [3.8, 4) is 0 Å². The molecule has 1 aromatic carbocycles. The van der Waals surface area contributed by atoms with Gasteiger partial charge in [-0.05, 0) is 17.7 Å². The van der Waals surface area contributed by atoms with Crippen molar-refractivity contribution in [2.75, 3.05) is 18.6 Å². The predicted octanol–water partition coefficient (Wildman–Crippen LogP) is 0.927. The van der Waals surface area contributed by atoms with Crippen LogP contribution in [-0.2, 0) is 9.84 Å². The molecule has 102 valence electrons. The summed E-state index contributed by atoms with van der Waals surface area (Å²) in [6.45, 7) is 0.0159. The van der Waals surface area contributed by atoms with E-state index in [4.69, 9.17) is 17.3 Å². The van der Waals surface area contributed by atoms with E-state index in [-0.39, 0.29) is 11.6 Å². The first-order chi connectivity index (χ1) is 8.24.